The molecule has 5 amide bonds. The lowest BCUT2D eigenvalue weighted by atomic mass is 9.77. The maximum Gasteiger partial charge on any atom is 0.414 e. The summed E-state index contributed by atoms with van der Waals surface area (Å²) in [5, 5.41) is 25.5. The van der Waals surface area contributed by atoms with Gasteiger partial charge in [-0.1, -0.05) is 46.8 Å². The van der Waals surface area contributed by atoms with E-state index in [4.69, 9.17) is 14.2 Å². The number of phenolic OH excluding ortho intramolecular Hbond substituents is 2. The SMILES string of the molecule is C=C(Br)CC1(CC=C(C)COC(=O)N(C)c2c(O)ccc3c2Oc2cc(O)ccc2C32OC(=O)c3ccccc32)C(=O)NC(=O)NC1=O. The van der Waals surface area contributed by atoms with Crippen LogP contribution in [0.15, 0.2) is 77.3 Å². The number of fused-ring (bicyclic) bond motifs is 6. The molecule has 0 aromatic heterocycles. The second-order valence-corrected chi connectivity index (χ2v) is 12.7. The number of benzene rings is 3. The van der Waals surface area contributed by atoms with Crippen molar-refractivity contribution in [2.75, 3.05) is 18.6 Å². The number of anilines is 1. The van der Waals surface area contributed by atoms with Gasteiger partial charge in [-0.25, -0.2) is 14.4 Å². The number of esters is 1. The Morgan fingerprint density at radius 1 is 1.02 bits per heavy atom. The summed E-state index contributed by atoms with van der Waals surface area (Å²) < 4.78 is 18.2. The molecule has 3 heterocycles. The Bertz CT molecular complexity index is 1970. The highest BCUT2D eigenvalue weighted by molar-refractivity contribution is 9.11. The first-order valence-corrected chi connectivity index (χ1v) is 15.3. The number of allylic oxidation sites excluding steroid dienone is 2. The fourth-order valence-corrected chi connectivity index (χ4v) is 6.60. The molecule has 246 valence electrons. The Hall–Kier alpha value is -5.63. The second-order valence-electron chi connectivity index (χ2n) is 11.6. The van der Waals surface area contributed by atoms with Gasteiger partial charge in [0.1, 0.15) is 35.0 Å². The van der Waals surface area contributed by atoms with Crippen molar-refractivity contribution in [3.8, 4) is 23.0 Å². The van der Waals surface area contributed by atoms with Crippen LogP contribution in [-0.4, -0.2) is 53.8 Å². The lowest BCUT2D eigenvalue weighted by molar-refractivity contribution is -0.144. The average Bonchev–Trinajstić information content (AvgIpc) is 3.32. The summed E-state index contributed by atoms with van der Waals surface area (Å²) in [6.07, 6.45) is 0.418. The Kier molecular flexibility index (Phi) is 7.99. The minimum absolute atomic E-state index is 0.00914. The van der Waals surface area contributed by atoms with E-state index in [1.165, 1.54) is 31.3 Å². The smallest absolute Gasteiger partial charge is 0.414 e. The molecule has 1 saturated heterocycles. The number of hydrogen-bond acceptors (Lipinski definition) is 10. The molecule has 0 saturated carbocycles. The van der Waals surface area contributed by atoms with Crippen LogP contribution in [-0.2, 0) is 24.7 Å². The molecule has 13 nitrogen and oxygen atoms in total. The average molecular weight is 719 g/mol. The highest BCUT2D eigenvalue weighted by atomic mass is 79.9. The van der Waals surface area contributed by atoms with Crippen molar-refractivity contribution >= 4 is 51.5 Å². The van der Waals surface area contributed by atoms with Gasteiger partial charge < -0.3 is 24.4 Å². The summed E-state index contributed by atoms with van der Waals surface area (Å²) >= 11 is 3.18. The molecule has 0 bridgehead atoms. The van der Waals surface area contributed by atoms with Gasteiger partial charge in [-0.3, -0.25) is 25.1 Å². The second kappa shape index (κ2) is 11.9. The molecule has 48 heavy (non-hydrogen) atoms. The zero-order valence-corrected chi connectivity index (χ0v) is 27.2. The van der Waals surface area contributed by atoms with Crippen molar-refractivity contribution in [3.05, 3.63) is 99.6 Å². The number of phenols is 2. The molecule has 1 spiro atoms. The predicted octanol–water partition coefficient (Wildman–Crippen LogP) is 5.23. The number of nitrogens with one attached hydrogen (secondary N) is 2. The molecular formula is C34H28BrN3O10. The van der Waals surface area contributed by atoms with Gasteiger partial charge in [0, 0.05) is 30.7 Å². The molecule has 14 heteroatoms. The first-order valence-electron chi connectivity index (χ1n) is 14.6. The molecule has 3 aliphatic rings. The molecule has 1 atom stereocenters. The zero-order valence-electron chi connectivity index (χ0n) is 25.6. The normalized spacial score (nSPS) is 18.9. The van der Waals surface area contributed by atoms with Crippen LogP contribution in [0.2, 0.25) is 0 Å². The van der Waals surface area contributed by atoms with E-state index in [1.54, 1.807) is 43.3 Å². The van der Waals surface area contributed by atoms with E-state index < -0.39 is 40.9 Å². The van der Waals surface area contributed by atoms with Crippen molar-refractivity contribution in [1.82, 2.24) is 10.6 Å². The number of nitrogens with zero attached hydrogens (tertiary/aromatic N) is 1. The predicted molar refractivity (Wildman–Crippen MR) is 173 cm³/mol. The Morgan fingerprint density at radius 2 is 1.71 bits per heavy atom. The molecule has 3 aromatic carbocycles. The summed E-state index contributed by atoms with van der Waals surface area (Å²) in [7, 11) is 1.35. The molecule has 1 unspecified atom stereocenters. The fraction of sp³-hybridized carbons (Fsp3) is 0.206. The molecule has 0 aliphatic carbocycles. The topological polar surface area (TPSA) is 181 Å². The van der Waals surface area contributed by atoms with Crippen molar-refractivity contribution < 1.29 is 48.4 Å². The van der Waals surface area contributed by atoms with E-state index in [1.807, 2.05) is 0 Å². The van der Waals surface area contributed by atoms with E-state index in [-0.39, 0.29) is 48.1 Å². The minimum atomic E-state index is -1.66. The van der Waals surface area contributed by atoms with Crippen LogP contribution in [0.25, 0.3) is 0 Å². The Morgan fingerprint density at radius 3 is 2.42 bits per heavy atom. The number of amides is 5. The van der Waals surface area contributed by atoms with Crippen molar-refractivity contribution in [2.45, 2.75) is 25.4 Å². The standard InChI is InChI=1S/C34H28BrN3O10/c1-17(12-13-33(15-18(2)35)29(42)36-31(44)37-30(33)43)16-46-32(45)38(3)26-24(40)11-10-23-27(26)47-25-14-19(39)8-9-22(25)34(23)21-7-5-4-6-20(21)28(41)48-34/h4-12,14,39-40H,2,13,15-16H2,1,3H3,(H2,36,37,42,43,44). The number of urea groups is 1. The number of ether oxygens (including phenoxy) is 3. The summed E-state index contributed by atoms with van der Waals surface area (Å²) in [6, 6.07) is 13.2. The number of hydrogen-bond donors (Lipinski definition) is 4. The van der Waals surface area contributed by atoms with Gasteiger partial charge in [0.15, 0.2) is 11.4 Å². The van der Waals surface area contributed by atoms with Crippen LogP contribution in [0.4, 0.5) is 15.3 Å². The molecule has 0 radical (unpaired) electrons. The summed E-state index contributed by atoms with van der Waals surface area (Å²) in [6.45, 7) is 5.08. The first-order chi connectivity index (χ1) is 22.8. The van der Waals surface area contributed by atoms with Crippen molar-refractivity contribution in [2.24, 2.45) is 5.41 Å². The van der Waals surface area contributed by atoms with Gasteiger partial charge in [-0.2, -0.15) is 0 Å². The molecule has 1 fully saturated rings. The maximum absolute atomic E-state index is 13.4. The molecule has 6 rings (SSSR count). The molecule has 3 aromatic rings. The summed E-state index contributed by atoms with van der Waals surface area (Å²) in [5.74, 6) is -2.51. The highest BCUT2D eigenvalue weighted by Gasteiger charge is 2.54. The maximum atomic E-state index is 13.4. The molecule has 3 aliphatic heterocycles. The Balaban J connectivity index is 1.30. The van der Waals surface area contributed by atoms with E-state index in [2.05, 4.69) is 33.1 Å². The third kappa shape index (κ3) is 5.14. The number of rotatable bonds is 7. The summed E-state index contributed by atoms with van der Waals surface area (Å²) in [4.78, 5) is 64.7. The third-order valence-electron chi connectivity index (χ3n) is 8.47. The molecular weight excluding hydrogens is 690 g/mol. The number of aromatic hydroxyl groups is 2. The lowest BCUT2D eigenvalue weighted by Crippen LogP contribution is -2.62. The van der Waals surface area contributed by atoms with Gasteiger partial charge in [0.05, 0.1) is 11.1 Å². The van der Waals surface area contributed by atoms with Crippen LogP contribution in [0, 0.1) is 5.41 Å². The van der Waals surface area contributed by atoms with E-state index in [0.717, 1.165) is 4.90 Å². The third-order valence-corrected chi connectivity index (χ3v) is 8.75. The van der Waals surface area contributed by atoms with Gasteiger partial charge in [-0.05, 0) is 53.7 Å². The van der Waals surface area contributed by atoms with Crippen LogP contribution >= 0.6 is 15.9 Å². The van der Waals surface area contributed by atoms with E-state index >= 15 is 0 Å². The Labute approximate surface area is 281 Å². The van der Waals surface area contributed by atoms with Crippen LogP contribution in [0.1, 0.15) is 46.8 Å². The fourth-order valence-electron chi connectivity index (χ4n) is 6.12. The number of carbonyl (C=O) groups is 5. The van der Waals surface area contributed by atoms with E-state index in [0.29, 0.717) is 32.3 Å². The van der Waals surface area contributed by atoms with Crippen LogP contribution in [0.5, 0.6) is 23.0 Å². The number of carbonyl (C=O) groups excluding carboxylic acids is 5. The summed E-state index contributed by atoms with van der Waals surface area (Å²) in [5.41, 5.74) is -1.21. The van der Waals surface area contributed by atoms with Gasteiger partial charge in [0.25, 0.3) is 0 Å². The van der Waals surface area contributed by atoms with Gasteiger partial charge in [-0.15, -0.1) is 0 Å². The molecule has 4 N–H and O–H groups in total. The van der Waals surface area contributed by atoms with Crippen LogP contribution in [0.3, 0.4) is 0 Å². The van der Waals surface area contributed by atoms with Crippen molar-refractivity contribution in [1.29, 1.82) is 0 Å². The van der Waals surface area contributed by atoms with Gasteiger partial charge in [0.2, 0.25) is 11.8 Å². The number of barbiturate groups is 1. The lowest BCUT2D eigenvalue weighted by Gasteiger charge is -2.38. The largest absolute Gasteiger partial charge is 0.508 e. The zero-order chi connectivity index (χ0) is 34.5. The number of imide groups is 2. The monoisotopic (exact) mass is 717 g/mol. The van der Waals surface area contributed by atoms with E-state index in [9.17, 15) is 34.2 Å². The minimum Gasteiger partial charge on any atom is -0.508 e. The number of halogens is 1. The quantitative estimate of drug-likeness (QED) is 0.144. The van der Waals surface area contributed by atoms with Gasteiger partial charge >= 0.3 is 18.1 Å². The highest BCUT2D eigenvalue weighted by Crippen LogP contribution is 2.59. The van der Waals surface area contributed by atoms with Crippen LogP contribution < -0.4 is 20.3 Å². The van der Waals surface area contributed by atoms with Crippen molar-refractivity contribution in [3.63, 3.8) is 0 Å². The first kappa shape index (κ1) is 32.3.